The molecule has 0 saturated heterocycles. The van der Waals surface area contributed by atoms with Crippen LogP contribution in [0.2, 0.25) is 0 Å². The summed E-state index contributed by atoms with van der Waals surface area (Å²) >= 11 is 0. The molecule has 0 radical (unpaired) electrons. The Balaban J connectivity index is 2.00. The van der Waals surface area contributed by atoms with Gasteiger partial charge in [-0.25, -0.2) is 0 Å². The van der Waals surface area contributed by atoms with Crippen molar-refractivity contribution in [1.82, 2.24) is 0 Å². The molecule has 0 heterocycles. The fourth-order valence-electron chi connectivity index (χ4n) is 2.89. The zero-order chi connectivity index (χ0) is 17.6. The Morgan fingerprint density at radius 1 is 1.08 bits per heavy atom. The van der Waals surface area contributed by atoms with Gasteiger partial charge in [0.1, 0.15) is 0 Å². The maximum atomic E-state index is 12.3. The SMILES string of the molecule is CCCC(=O)Nc1ccccc1NC(=O)C=C1CCC(C)(C)CC1. The molecule has 0 aromatic heterocycles. The minimum Gasteiger partial charge on any atom is -0.324 e. The highest BCUT2D eigenvalue weighted by Gasteiger charge is 2.23. The fourth-order valence-corrected chi connectivity index (χ4v) is 2.89. The first-order chi connectivity index (χ1) is 11.4. The van der Waals surface area contributed by atoms with E-state index in [-0.39, 0.29) is 11.8 Å². The summed E-state index contributed by atoms with van der Waals surface area (Å²) in [6, 6.07) is 7.31. The van der Waals surface area contributed by atoms with Gasteiger partial charge in [0.05, 0.1) is 11.4 Å². The summed E-state index contributed by atoms with van der Waals surface area (Å²) in [5, 5.41) is 5.75. The van der Waals surface area contributed by atoms with E-state index in [0.717, 1.165) is 32.1 Å². The van der Waals surface area contributed by atoms with E-state index in [4.69, 9.17) is 0 Å². The summed E-state index contributed by atoms with van der Waals surface area (Å²) in [5.74, 6) is -0.158. The third kappa shape index (κ3) is 5.52. The van der Waals surface area contributed by atoms with Gasteiger partial charge >= 0.3 is 0 Å². The average molecular weight is 328 g/mol. The van der Waals surface area contributed by atoms with Crippen molar-refractivity contribution in [3.8, 4) is 0 Å². The molecule has 130 valence electrons. The predicted octanol–water partition coefficient (Wildman–Crippen LogP) is 4.89. The minimum absolute atomic E-state index is 0.0351. The standard InChI is InChI=1S/C20H28N2O2/c1-4-7-18(23)21-16-8-5-6-9-17(16)22-19(24)14-15-10-12-20(2,3)13-11-15/h5-6,8-9,14H,4,7,10-13H2,1-3H3,(H,21,23)(H,22,24). The van der Waals surface area contributed by atoms with E-state index in [0.29, 0.717) is 23.2 Å². The lowest BCUT2D eigenvalue weighted by Crippen LogP contribution is -2.18. The molecule has 24 heavy (non-hydrogen) atoms. The van der Waals surface area contributed by atoms with Crippen molar-refractivity contribution in [3.05, 3.63) is 35.9 Å². The van der Waals surface area contributed by atoms with Crippen LogP contribution in [0, 0.1) is 5.41 Å². The van der Waals surface area contributed by atoms with Crippen LogP contribution in [0.5, 0.6) is 0 Å². The highest BCUT2D eigenvalue weighted by molar-refractivity contribution is 6.04. The second-order valence-corrected chi connectivity index (χ2v) is 7.30. The highest BCUT2D eigenvalue weighted by atomic mass is 16.2. The van der Waals surface area contributed by atoms with Crippen molar-refractivity contribution in [2.24, 2.45) is 5.41 Å². The van der Waals surface area contributed by atoms with Gasteiger partial charge in [-0.05, 0) is 49.7 Å². The van der Waals surface area contributed by atoms with E-state index in [1.165, 1.54) is 5.57 Å². The topological polar surface area (TPSA) is 58.2 Å². The van der Waals surface area contributed by atoms with Crippen molar-refractivity contribution < 1.29 is 9.59 Å². The summed E-state index contributed by atoms with van der Waals surface area (Å²) in [7, 11) is 0. The third-order valence-electron chi connectivity index (χ3n) is 4.52. The molecule has 0 bridgehead atoms. The van der Waals surface area contributed by atoms with Crippen molar-refractivity contribution in [2.75, 3.05) is 10.6 Å². The number of hydrogen-bond donors (Lipinski definition) is 2. The summed E-state index contributed by atoms with van der Waals surface area (Å²) in [5.41, 5.74) is 2.87. The van der Waals surface area contributed by atoms with Crippen molar-refractivity contribution in [1.29, 1.82) is 0 Å². The molecule has 1 aliphatic carbocycles. The van der Waals surface area contributed by atoms with Gasteiger partial charge in [0.25, 0.3) is 0 Å². The number of hydrogen-bond acceptors (Lipinski definition) is 2. The number of amides is 2. The van der Waals surface area contributed by atoms with Gasteiger partial charge in [-0.15, -0.1) is 0 Å². The minimum atomic E-state index is -0.123. The van der Waals surface area contributed by atoms with E-state index in [1.54, 1.807) is 12.1 Å². The zero-order valence-electron chi connectivity index (χ0n) is 14.9. The normalized spacial score (nSPS) is 16.4. The molecule has 2 rings (SSSR count). The van der Waals surface area contributed by atoms with Gasteiger partial charge in [0.15, 0.2) is 0 Å². The third-order valence-corrected chi connectivity index (χ3v) is 4.52. The van der Waals surface area contributed by atoms with E-state index in [2.05, 4.69) is 24.5 Å². The van der Waals surface area contributed by atoms with Gasteiger partial charge in [0, 0.05) is 12.5 Å². The molecule has 1 aromatic rings. The summed E-state index contributed by atoms with van der Waals surface area (Å²) in [6.07, 6.45) is 7.20. The quantitative estimate of drug-likeness (QED) is 0.756. The van der Waals surface area contributed by atoms with E-state index in [9.17, 15) is 9.59 Å². The van der Waals surface area contributed by atoms with Crippen LogP contribution < -0.4 is 10.6 Å². The number of allylic oxidation sites excluding steroid dienone is 1. The van der Waals surface area contributed by atoms with Gasteiger partial charge in [-0.3, -0.25) is 9.59 Å². The van der Waals surface area contributed by atoms with E-state index >= 15 is 0 Å². The first-order valence-corrected chi connectivity index (χ1v) is 8.79. The van der Waals surface area contributed by atoms with Crippen molar-refractivity contribution in [2.45, 2.75) is 59.3 Å². The monoisotopic (exact) mass is 328 g/mol. The Morgan fingerprint density at radius 3 is 2.25 bits per heavy atom. The Morgan fingerprint density at radius 2 is 1.67 bits per heavy atom. The van der Waals surface area contributed by atoms with Gasteiger partial charge in [-0.1, -0.05) is 38.5 Å². The largest absolute Gasteiger partial charge is 0.324 e. The number of nitrogens with one attached hydrogen (secondary N) is 2. The second kappa shape index (κ2) is 8.13. The Kier molecular flexibility index (Phi) is 6.18. The maximum Gasteiger partial charge on any atom is 0.248 e. The Hall–Kier alpha value is -2.10. The summed E-state index contributed by atoms with van der Waals surface area (Å²) < 4.78 is 0. The number of carbonyl (C=O) groups excluding carboxylic acids is 2. The van der Waals surface area contributed by atoms with Crippen LogP contribution in [-0.4, -0.2) is 11.8 Å². The van der Waals surface area contributed by atoms with Crippen LogP contribution in [-0.2, 0) is 9.59 Å². The van der Waals surface area contributed by atoms with Crippen LogP contribution in [0.4, 0.5) is 11.4 Å². The number of benzene rings is 1. The highest BCUT2D eigenvalue weighted by Crippen LogP contribution is 2.37. The molecule has 0 atom stereocenters. The first-order valence-electron chi connectivity index (χ1n) is 8.79. The van der Waals surface area contributed by atoms with Crippen LogP contribution in [0.25, 0.3) is 0 Å². The van der Waals surface area contributed by atoms with E-state index < -0.39 is 0 Å². The zero-order valence-corrected chi connectivity index (χ0v) is 14.9. The lowest BCUT2D eigenvalue weighted by Gasteiger charge is -2.30. The molecule has 2 N–H and O–H groups in total. The van der Waals surface area contributed by atoms with Crippen LogP contribution in [0.1, 0.15) is 59.3 Å². The predicted molar refractivity (Wildman–Crippen MR) is 98.9 cm³/mol. The molecular weight excluding hydrogens is 300 g/mol. The molecule has 4 nitrogen and oxygen atoms in total. The van der Waals surface area contributed by atoms with Crippen molar-refractivity contribution >= 4 is 23.2 Å². The molecular formula is C20H28N2O2. The average Bonchev–Trinajstić information content (AvgIpc) is 2.51. The fraction of sp³-hybridized carbons (Fsp3) is 0.500. The lowest BCUT2D eigenvalue weighted by molar-refractivity contribution is -0.116. The number of carbonyl (C=O) groups is 2. The summed E-state index contributed by atoms with van der Waals surface area (Å²) in [4.78, 5) is 24.1. The Labute approximate surface area is 144 Å². The second-order valence-electron chi connectivity index (χ2n) is 7.30. The molecule has 1 saturated carbocycles. The molecule has 0 aliphatic heterocycles. The number of para-hydroxylation sites is 2. The van der Waals surface area contributed by atoms with Crippen molar-refractivity contribution in [3.63, 3.8) is 0 Å². The first kappa shape index (κ1) is 18.2. The van der Waals surface area contributed by atoms with Gasteiger partial charge in [0.2, 0.25) is 11.8 Å². The molecule has 4 heteroatoms. The van der Waals surface area contributed by atoms with Crippen LogP contribution in [0.15, 0.2) is 35.9 Å². The molecule has 2 amide bonds. The van der Waals surface area contributed by atoms with E-state index in [1.807, 2.05) is 25.1 Å². The lowest BCUT2D eigenvalue weighted by atomic mass is 9.75. The Bertz CT molecular complexity index is 620. The molecule has 0 unspecified atom stereocenters. The van der Waals surface area contributed by atoms with Gasteiger partial charge in [-0.2, -0.15) is 0 Å². The summed E-state index contributed by atoms with van der Waals surface area (Å²) in [6.45, 7) is 6.52. The molecule has 1 aliphatic rings. The van der Waals surface area contributed by atoms with Gasteiger partial charge < -0.3 is 10.6 Å². The number of anilines is 2. The van der Waals surface area contributed by atoms with Crippen LogP contribution in [0.3, 0.4) is 0 Å². The number of rotatable bonds is 5. The molecule has 0 spiro atoms. The molecule has 1 aromatic carbocycles. The van der Waals surface area contributed by atoms with Crippen LogP contribution >= 0.6 is 0 Å². The maximum absolute atomic E-state index is 12.3. The molecule has 1 fully saturated rings. The smallest absolute Gasteiger partial charge is 0.248 e.